The third-order valence-corrected chi connectivity index (χ3v) is 4.32. The molecule has 0 radical (unpaired) electrons. The van der Waals surface area contributed by atoms with Crippen molar-refractivity contribution in [3.63, 3.8) is 0 Å². The second-order valence-electron chi connectivity index (χ2n) is 6.02. The fourth-order valence-electron chi connectivity index (χ4n) is 2.46. The van der Waals surface area contributed by atoms with Crippen molar-refractivity contribution in [1.82, 2.24) is 0 Å². The first-order chi connectivity index (χ1) is 13.1. The van der Waals surface area contributed by atoms with E-state index in [1.807, 2.05) is 49.4 Å². The molecule has 0 fully saturated rings. The highest BCUT2D eigenvalue weighted by molar-refractivity contribution is 9.10. The third-order valence-electron chi connectivity index (χ3n) is 3.82. The van der Waals surface area contributed by atoms with Gasteiger partial charge < -0.3 is 14.8 Å². The van der Waals surface area contributed by atoms with Crippen molar-refractivity contribution in [3.8, 4) is 11.5 Å². The molecule has 0 saturated heterocycles. The summed E-state index contributed by atoms with van der Waals surface area (Å²) in [5.74, 6) is 1.36. The van der Waals surface area contributed by atoms with Crippen molar-refractivity contribution in [2.75, 3.05) is 18.5 Å². The van der Waals surface area contributed by atoms with Crippen LogP contribution in [0.4, 0.5) is 5.69 Å². The average Bonchev–Trinajstić information content (AvgIpc) is 2.67. The van der Waals surface area contributed by atoms with E-state index in [0.717, 1.165) is 40.3 Å². The molecule has 1 amide bonds. The van der Waals surface area contributed by atoms with Crippen LogP contribution in [0.1, 0.15) is 38.7 Å². The molecule has 0 aliphatic carbocycles. The normalized spacial score (nSPS) is 10.8. The molecule has 5 heteroatoms. The Balaban J connectivity index is 1.92. The monoisotopic (exact) mass is 431 g/mol. The van der Waals surface area contributed by atoms with E-state index in [1.165, 1.54) is 18.9 Å². The fraction of sp³-hybridized carbons (Fsp3) is 0.318. The molecule has 4 nitrogen and oxygen atoms in total. The Kier molecular flexibility index (Phi) is 8.92. The molecule has 0 aliphatic rings. The van der Waals surface area contributed by atoms with Gasteiger partial charge >= 0.3 is 0 Å². The lowest BCUT2D eigenvalue weighted by atomic mass is 10.2. The smallest absolute Gasteiger partial charge is 0.248 e. The highest BCUT2D eigenvalue weighted by Crippen LogP contribution is 2.24. The Bertz CT molecular complexity index is 757. The van der Waals surface area contributed by atoms with Crippen LogP contribution in [0.5, 0.6) is 11.5 Å². The zero-order valence-electron chi connectivity index (χ0n) is 15.8. The largest absolute Gasteiger partial charge is 0.494 e. The average molecular weight is 432 g/mol. The number of anilines is 1. The molecule has 0 unspecified atom stereocenters. The quantitative estimate of drug-likeness (QED) is 0.366. The topological polar surface area (TPSA) is 47.6 Å². The van der Waals surface area contributed by atoms with Gasteiger partial charge in [-0.25, -0.2) is 0 Å². The Labute approximate surface area is 169 Å². The number of nitrogens with one attached hydrogen (secondary N) is 1. The highest BCUT2D eigenvalue weighted by atomic mass is 79.9. The number of hydrogen-bond acceptors (Lipinski definition) is 3. The van der Waals surface area contributed by atoms with E-state index in [9.17, 15) is 4.79 Å². The van der Waals surface area contributed by atoms with E-state index in [0.29, 0.717) is 6.61 Å². The zero-order chi connectivity index (χ0) is 19.5. The number of carbonyl (C=O) groups is 1. The van der Waals surface area contributed by atoms with Gasteiger partial charge in [0.2, 0.25) is 5.91 Å². The van der Waals surface area contributed by atoms with Gasteiger partial charge in [-0.15, -0.1) is 0 Å². The maximum atomic E-state index is 12.2. The minimum atomic E-state index is -0.200. The summed E-state index contributed by atoms with van der Waals surface area (Å²) in [5, 5.41) is 2.85. The summed E-state index contributed by atoms with van der Waals surface area (Å²) in [4.78, 5) is 12.2. The van der Waals surface area contributed by atoms with Gasteiger partial charge in [-0.3, -0.25) is 4.79 Å². The van der Waals surface area contributed by atoms with Crippen molar-refractivity contribution in [3.05, 3.63) is 58.6 Å². The second-order valence-corrected chi connectivity index (χ2v) is 6.93. The molecule has 2 rings (SSSR count). The standard InChI is InChI=1S/C22H26BrNO3/c1-3-5-6-15-27-20-11-9-19(10-12-20)24-22(25)14-7-17-16-18(23)8-13-21(17)26-4-2/h7-14,16H,3-6,15H2,1-2H3,(H,24,25). The van der Waals surface area contributed by atoms with E-state index >= 15 is 0 Å². The van der Waals surface area contributed by atoms with Gasteiger partial charge in [0.1, 0.15) is 11.5 Å². The maximum Gasteiger partial charge on any atom is 0.248 e. The number of carbonyl (C=O) groups excluding carboxylic acids is 1. The Hall–Kier alpha value is -2.27. The predicted molar refractivity (Wildman–Crippen MR) is 114 cm³/mol. The summed E-state index contributed by atoms with van der Waals surface area (Å²) in [6, 6.07) is 13.1. The molecule has 0 aliphatic heterocycles. The molecule has 27 heavy (non-hydrogen) atoms. The Morgan fingerprint density at radius 3 is 2.56 bits per heavy atom. The van der Waals surface area contributed by atoms with Crippen LogP contribution in [0.15, 0.2) is 53.0 Å². The first-order valence-corrected chi connectivity index (χ1v) is 10.1. The summed E-state index contributed by atoms with van der Waals surface area (Å²) in [6.07, 6.45) is 6.65. The molecule has 0 bridgehead atoms. The zero-order valence-corrected chi connectivity index (χ0v) is 17.4. The van der Waals surface area contributed by atoms with E-state index in [4.69, 9.17) is 9.47 Å². The van der Waals surface area contributed by atoms with Crippen LogP contribution in [0.2, 0.25) is 0 Å². The summed E-state index contributed by atoms with van der Waals surface area (Å²) in [5.41, 5.74) is 1.57. The molecule has 2 aromatic rings. The molecule has 144 valence electrons. The van der Waals surface area contributed by atoms with E-state index in [2.05, 4.69) is 28.2 Å². The van der Waals surface area contributed by atoms with Crippen LogP contribution in [0.3, 0.4) is 0 Å². The number of ether oxygens (including phenoxy) is 2. The van der Waals surface area contributed by atoms with E-state index < -0.39 is 0 Å². The van der Waals surface area contributed by atoms with Crippen molar-refractivity contribution < 1.29 is 14.3 Å². The van der Waals surface area contributed by atoms with Crippen molar-refractivity contribution >= 4 is 33.6 Å². The fourth-order valence-corrected chi connectivity index (χ4v) is 2.84. The van der Waals surface area contributed by atoms with Crippen molar-refractivity contribution in [2.45, 2.75) is 33.1 Å². The van der Waals surface area contributed by atoms with Crippen LogP contribution in [0, 0.1) is 0 Å². The minimum Gasteiger partial charge on any atom is -0.494 e. The molecule has 2 aromatic carbocycles. The van der Waals surface area contributed by atoms with Crippen LogP contribution in [-0.4, -0.2) is 19.1 Å². The molecule has 1 N–H and O–H groups in total. The molecule has 0 saturated carbocycles. The molecule has 0 atom stereocenters. The molecular weight excluding hydrogens is 406 g/mol. The van der Waals surface area contributed by atoms with E-state index in [1.54, 1.807) is 6.08 Å². The summed E-state index contributed by atoms with van der Waals surface area (Å²) >= 11 is 3.44. The number of halogens is 1. The van der Waals surface area contributed by atoms with Gasteiger partial charge in [0.05, 0.1) is 13.2 Å². The summed E-state index contributed by atoms with van der Waals surface area (Å²) in [7, 11) is 0. The second kappa shape index (κ2) is 11.4. The van der Waals surface area contributed by atoms with Gasteiger partial charge in [0, 0.05) is 21.8 Å². The number of amides is 1. The molecule has 0 heterocycles. The van der Waals surface area contributed by atoms with Gasteiger partial charge in [-0.05, 0) is 61.9 Å². The van der Waals surface area contributed by atoms with Crippen LogP contribution < -0.4 is 14.8 Å². The molecule has 0 spiro atoms. The third kappa shape index (κ3) is 7.47. The predicted octanol–water partition coefficient (Wildman–Crippen LogP) is 6.07. The highest BCUT2D eigenvalue weighted by Gasteiger charge is 2.03. The van der Waals surface area contributed by atoms with Gasteiger partial charge in [-0.2, -0.15) is 0 Å². The summed E-state index contributed by atoms with van der Waals surface area (Å²) in [6.45, 7) is 5.39. The number of rotatable bonds is 10. The van der Waals surface area contributed by atoms with Gasteiger partial charge in [-0.1, -0.05) is 35.7 Å². The lowest BCUT2D eigenvalue weighted by Gasteiger charge is -2.08. The number of unbranched alkanes of at least 4 members (excludes halogenated alkanes) is 2. The van der Waals surface area contributed by atoms with Crippen LogP contribution in [-0.2, 0) is 4.79 Å². The first-order valence-electron chi connectivity index (χ1n) is 9.26. The SMILES string of the molecule is CCCCCOc1ccc(NC(=O)C=Cc2cc(Br)ccc2OCC)cc1. The Morgan fingerprint density at radius 2 is 1.85 bits per heavy atom. The molecule has 0 aromatic heterocycles. The minimum absolute atomic E-state index is 0.200. The first kappa shape index (κ1) is 21.0. The molecular formula is C22H26BrNO3. The Morgan fingerprint density at radius 1 is 1.07 bits per heavy atom. The van der Waals surface area contributed by atoms with Crippen LogP contribution >= 0.6 is 15.9 Å². The van der Waals surface area contributed by atoms with Gasteiger partial charge in [0.15, 0.2) is 0 Å². The van der Waals surface area contributed by atoms with Gasteiger partial charge in [0.25, 0.3) is 0 Å². The lowest BCUT2D eigenvalue weighted by Crippen LogP contribution is -2.07. The van der Waals surface area contributed by atoms with E-state index in [-0.39, 0.29) is 5.91 Å². The summed E-state index contributed by atoms with van der Waals surface area (Å²) < 4.78 is 12.2. The number of benzene rings is 2. The van der Waals surface area contributed by atoms with Crippen LogP contribution in [0.25, 0.3) is 6.08 Å². The lowest BCUT2D eigenvalue weighted by molar-refractivity contribution is -0.111. The van der Waals surface area contributed by atoms with Crippen molar-refractivity contribution in [1.29, 1.82) is 0 Å². The number of hydrogen-bond donors (Lipinski definition) is 1. The van der Waals surface area contributed by atoms with Crippen molar-refractivity contribution in [2.24, 2.45) is 0 Å². The maximum absolute atomic E-state index is 12.2.